The number of aromatic nitrogens is 1. The molecule has 2 heterocycles. The van der Waals surface area contributed by atoms with Gasteiger partial charge in [0.2, 0.25) is 0 Å². The van der Waals surface area contributed by atoms with Gasteiger partial charge in [-0.2, -0.15) is 0 Å². The van der Waals surface area contributed by atoms with Gasteiger partial charge in [-0.1, -0.05) is 13.0 Å². The van der Waals surface area contributed by atoms with Crippen molar-refractivity contribution in [2.45, 2.75) is 38.6 Å². The average Bonchev–Trinajstić information content (AvgIpc) is 2.46. The topological polar surface area (TPSA) is 34.1 Å². The second kappa shape index (κ2) is 6.86. The van der Waals surface area contributed by atoms with Crippen LogP contribution in [0.5, 0.6) is 0 Å². The third kappa shape index (κ3) is 3.53. The minimum Gasteiger partial charge on any atom is -0.381 e. The van der Waals surface area contributed by atoms with Crippen molar-refractivity contribution in [2.75, 3.05) is 20.3 Å². The fraction of sp³-hybridized carbons (Fsp3) is 0.667. The Morgan fingerprint density at radius 2 is 2.39 bits per heavy atom. The van der Waals surface area contributed by atoms with Crippen molar-refractivity contribution < 1.29 is 4.74 Å². The highest BCUT2D eigenvalue weighted by Crippen LogP contribution is 2.19. The maximum Gasteiger partial charge on any atom is 0.0509 e. The number of nitrogens with one attached hydrogen (secondary N) is 1. The van der Waals surface area contributed by atoms with Gasteiger partial charge in [0.1, 0.15) is 0 Å². The maximum absolute atomic E-state index is 5.58. The molecular weight excluding hydrogens is 224 g/mol. The van der Waals surface area contributed by atoms with Gasteiger partial charge in [0, 0.05) is 31.0 Å². The summed E-state index contributed by atoms with van der Waals surface area (Å²) < 4.78 is 5.58. The van der Waals surface area contributed by atoms with E-state index < -0.39 is 0 Å². The van der Waals surface area contributed by atoms with Crippen molar-refractivity contribution in [2.24, 2.45) is 5.92 Å². The first kappa shape index (κ1) is 13.5. The number of hydrogen-bond acceptors (Lipinski definition) is 3. The molecule has 1 aromatic rings. The monoisotopic (exact) mass is 248 g/mol. The summed E-state index contributed by atoms with van der Waals surface area (Å²) in [6.45, 7) is 3.97. The lowest BCUT2D eigenvalue weighted by Crippen LogP contribution is -2.40. The summed E-state index contributed by atoms with van der Waals surface area (Å²) in [7, 11) is 2.04. The van der Waals surface area contributed by atoms with Gasteiger partial charge in [-0.25, -0.2) is 0 Å². The lowest BCUT2D eigenvalue weighted by molar-refractivity contribution is 0.0403. The molecule has 0 aromatic carbocycles. The molecule has 2 unspecified atom stereocenters. The van der Waals surface area contributed by atoms with E-state index in [1.54, 1.807) is 0 Å². The highest BCUT2D eigenvalue weighted by atomic mass is 16.5. The second-order valence-corrected chi connectivity index (χ2v) is 5.09. The third-order valence-electron chi connectivity index (χ3n) is 3.86. The molecule has 2 atom stereocenters. The summed E-state index contributed by atoms with van der Waals surface area (Å²) in [5, 5.41) is 3.43. The van der Waals surface area contributed by atoms with Gasteiger partial charge in [-0.3, -0.25) is 4.98 Å². The quantitative estimate of drug-likeness (QED) is 0.867. The van der Waals surface area contributed by atoms with Crippen LogP contribution in [0.3, 0.4) is 0 Å². The Morgan fingerprint density at radius 3 is 2.94 bits per heavy atom. The summed E-state index contributed by atoms with van der Waals surface area (Å²) in [4.78, 5) is 4.55. The van der Waals surface area contributed by atoms with Crippen molar-refractivity contribution in [1.29, 1.82) is 0 Å². The lowest BCUT2D eigenvalue weighted by Gasteiger charge is -2.29. The number of hydrogen-bond donors (Lipinski definition) is 1. The van der Waals surface area contributed by atoms with Gasteiger partial charge in [-0.05, 0) is 43.9 Å². The van der Waals surface area contributed by atoms with Crippen LogP contribution < -0.4 is 5.32 Å². The predicted molar refractivity (Wildman–Crippen MR) is 73.7 cm³/mol. The van der Waals surface area contributed by atoms with Crippen LogP contribution in [0, 0.1) is 5.92 Å². The van der Waals surface area contributed by atoms with Gasteiger partial charge < -0.3 is 10.1 Å². The van der Waals surface area contributed by atoms with E-state index in [1.807, 2.05) is 13.2 Å². The molecule has 0 radical (unpaired) electrons. The van der Waals surface area contributed by atoms with Crippen molar-refractivity contribution in [3.63, 3.8) is 0 Å². The van der Waals surface area contributed by atoms with Gasteiger partial charge >= 0.3 is 0 Å². The zero-order valence-corrected chi connectivity index (χ0v) is 11.5. The molecule has 0 aliphatic carbocycles. The minimum atomic E-state index is 0.477. The number of rotatable bonds is 5. The van der Waals surface area contributed by atoms with E-state index in [0.717, 1.165) is 26.1 Å². The number of pyridine rings is 1. The zero-order valence-electron chi connectivity index (χ0n) is 11.5. The number of likely N-dealkylation sites (N-methyl/N-ethyl adjacent to an activating group) is 1. The largest absolute Gasteiger partial charge is 0.381 e. The first-order valence-electron chi connectivity index (χ1n) is 7.02. The molecule has 1 saturated heterocycles. The van der Waals surface area contributed by atoms with Gasteiger partial charge in [0.05, 0.1) is 6.61 Å². The Hall–Kier alpha value is -0.930. The zero-order chi connectivity index (χ0) is 12.8. The molecule has 1 aromatic heterocycles. The van der Waals surface area contributed by atoms with E-state index in [-0.39, 0.29) is 0 Å². The normalized spacial score (nSPS) is 21.8. The number of aryl methyl sites for hydroxylation is 1. The van der Waals surface area contributed by atoms with Gasteiger partial charge in [0.15, 0.2) is 0 Å². The molecule has 1 N–H and O–H groups in total. The van der Waals surface area contributed by atoms with E-state index in [2.05, 4.69) is 29.4 Å². The highest BCUT2D eigenvalue weighted by Gasteiger charge is 2.23. The molecule has 100 valence electrons. The van der Waals surface area contributed by atoms with E-state index in [4.69, 9.17) is 4.74 Å². The van der Waals surface area contributed by atoms with Crippen LogP contribution in [0.2, 0.25) is 0 Å². The molecule has 0 saturated carbocycles. The molecule has 2 rings (SSSR count). The second-order valence-electron chi connectivity index (χ2n) is 5.09. The predicted octanol–water partition coefficient (Wildman–Crippen LogP) is 2.20. The average molecular weight is 248 g/mol. The van der Waals surface area contributed by atoms with Crippen LogP contribution >= 0.6 is 0 Å². The Kier molecular flexibility index (Phi) is 5.14. The lowest BCUT2D eigenvalue weighted by atomic mass is 9.90. The summed E-state index contributed by atoms with van der Waals surface area (Å²) in [6.07, 6.45) is 6.50. The van der Waals surface area contributed by atoms with Crippen LogP contribution in [0.15, 0.2) is 18.3 Å². The fourth-order valence-electron chi connectivity index (χ4n) is 2.60. The summed E-state index contributed by atoms with van der Waals surface area (Å²) in [6, 6.07) is 4.82. The van der Waals surface area contributed by atoms with Gasteiger partial charge in [-0.15, -0.1) is 0 Å². The van der Waals surface area contributed by atoms with Gasteiger partial charge in [0.25, 0.3) is 0 Å². The van der Waals surface area contributed by atoms with Crippen LogP contribution in [-0.2, 0) is 17.6 Å². The smallest absolute Gasteiger partial charge is 0.0509 e. The van der Waals surface area contributed by atoms with Crippen molar-refractivity contribution >= 4 is 0 Å². The van der Waals surface area contributed by atoms with E-state index in [0.29, 0.717) is 12.0 Å². The Labute approximate surface area is 110 Å². The van der Waals surface area contributed by atoms with E-state index in [1.165, 1.54) is 24.1 Å². The molecule has 1 aliphatic rings. The van der Waals surface area contributed by atoms with Crippen LogP contribution in [0.4, 0.5) is 0 Å². The standard InChI is InChI=1S/C15H24N2O/c1-3-12-6-7-14(17-10-12)9-15(16-2)13-5-4-8-18-11-13/h6-7,10,13,15-16H,3-5,8-9,11H2,1-2H3. The first-order chi connectivity index (χ1) is 8.83. The molecule has 3 heteroatoms. The van der Waals surface area contributed by atoms with Crippen molar-refractivity contribution in [3.05, 3.63) is 29.6 Å². The number of ether oxygens (including phenoxy) is 1. The SMILES string of the molecule is CCc1ccc(CC(NC)C2CCCOC2)nc1. The Bertz CT molecular complexity index is 344. The molecule has 0 bridgehead atoms. The van der Waals surface area contributed by atoms with E-state index >= 15 is 0 Å². The van der Waals surface area contributed by atoms with Crippen LogP contribution in [-0.4, -0.2) is 31.3 Å². The molecule has 1 fully saturated rings. The Balaban J connectivity index is 1.95. The molecule has 1 aliphatic heterocycles. The number of nitrogens with zero attached hydrogens (tertiary/aromatic N) is 1. The fourth-order valence-corrected chi connectivity index (χ4v) is 2.60. The van der Waals surface area contributed by atoms with Crippen LogP contribution in [0.25, 0.3) is 0 Å². The molecule has 3 nitrogen and oxygen atoms in total. The summed E-state index contributed by atoms with van der Waals surface area (Å²) >= 11 is 0. The maximum atomic E-state index is 5.58. The van der Waals surface area contributed by atoms with Crippen LogP contribution in [0.1, 0.15) is 31.0 Å². The highest BCUT2D eigenvalue weighted by molar-refractivity contribution is 5.14. The molecular formula is C15H24N2O. The molecule has 0 amide bonds. The minimum absolute atomic E-state index is 0.477. The summed E-state index contributed by atoms with van der Waals surface area (Å²) in [5.74, 6) is 0.622. The summed E-state index contributed by atoms with van der Waals surface area (Å²) in [5.41, 5.74) is 2.48. The Morgan fingerprint density at radius 1 is 1.50 bits per heavy atom. The van der Waals surface area contributed by atoms with Crippen molar-refractivity contribution in [3.8, 4) is 0 Å². The third-order valence-corrected chi connectivity index (χ3v) is 3.86. The van der Waals surface area contributed by atoms with E-state index in [9.17, 15) is 0 Å². The van der Waals surface area contributed by atoms with Crippen molar-refractivity contribution in [1.82, 2.24) is 10.3 Å². The first-order valence-corrected chi connectivity index (χ1v) is 7.02. The molecule has 0 spiro atoms. The molecule has 18 heavy (non-hydrogen) atoms.